The maximum absolute atomic E-state index is 11.9. The Morgan fingerprint density at radius 1 is 1.50 bits per heavy atom. The highest BCUT2D eigenvalue weighted by molar-refractivity contribution is 5.77. The van der Waals surface area contributed by atoms with Gasteiger partial charge < -0.3 is 14.0 Å². The predicted octanol–water partition coefficient (Wildman–Crippen LogP) is 2.93. The van der Waals surface area contributed by atoms with Gasteiger partial charge >= 0.3 is 5.97 Å². The van der Waals surface area contributed by atoms with Gasteiger partial charge in [-0.05, 0) is 25.5 Å². The predicted molar refractivity (Wildman–Crippen MR) is 80.3 cm³/mol. The summed E-state index contributed by atoms with van der Waals surface area (Å²) in [5.41, 5.74) is 0.711. The SMILES string of the molecule is C=CCCOC(C)C(=O)Oc1cccc(-c2noc(C)n2)c1. The fourth-order valence-corrected chi connectivity index (χ4v) is 1.71. The van der Waals surface area contributed by atoms with E-state index in [1.54, 1.807) is 38.1 Å². The summed E-state index contributed by atoms with van der Waals surface area (Å²) in [5, 5.41) is 3.83. The molecule has 2 rings (SSSR count). The first-order chi connectivity index (χ1) is 10.6. The molecule has 2 aromatic rings. The number of rotatable bonds is 7. The first-order valence-electron chi connectivity index (χ1n) is 6.95. The van der Waals surface area contributed by atoms with Crippen LogP contribution in [0.4, 0.5) is 0 Å². The number of aromatic nitrogens is 2. The molecule has 0 aliphatic carbocycles. The zero-order valence-electron chi connectivity index (χ0n) is 12.6. The molecule has 1 heterocycles. The first-order valence-corrected chi connectivity index (χ1v) is 6.95. The summed E-state index contributed by atoms with van der Waals surface area (Å²) >= 11 is 0. The van der Waals surface area contributed by atoms with Crippen LogP contribution in [0.25, 0.3) is 11.4 Å². The fourth-order valence-electron chi connectivity index (χ4n) is 1.71. The minimum atomic E-state index is -0.643. The second-order valence-electron chi connectivity index (χ2n) is 4.68. The van der Waals surface area contributed by atoms with Gasteiger partial charge in [-0.3, -0.25) is 0 Å². The molecule has 0 spiro atoms. The number of carbonyl (C=O) groups is 1. The summed E-state index contributed by atoms with van der Waals surface area (Å²) in [6, 6.07) is 6.93. The third kappa shape index (κ3) is 4.26. The van der Waals surface area contributed by atoms with E-state index in [0.717, 1.165) is 0 Å². The highest BCUT2D eigenvalue weighted by Crippen LogP contribution is 2.21. The molecule has 1 atom stereocenters. The van der Waals surface area contributed by atoms with Gasteiger partial charge in [0, 0.05) is 12.5 Å². The van der Waals surface area contributed by atoms with Gasteiger partial charge in [-0.15, -0.1) is 6.58 Å². The van der Waals surface area contributed by atoms with Gasteiger partial charge in [-0.2, -0.15) is 4.98 Å². The second kappa shape index (κ2) is 7.51. The Labute approximate surface area is 128 Å². The molecule has 22 heavy (non-hydrogen) atoms. The number of aryl methyl sites for hydroxylation is 1. The van der Waals surface area contributed by atoms with E-state index in [2.05, 4.69) is 16.7 Å². The minimum absolute atomic E-state index is 0.407. The van der Waals surface area contributed by atoms with Crippen LogP contribution in [-0.2, 0) is 9.53 Å². The lowest BCUT2D eigenvalue weighted by atomic mass is 10.2. The summed E-state index contributed by atoms with van der Waals surface area (Å²) in [6.45, 7) is 7.39. The molecule has 0 fully saturated rings. The number of hydrogen-bond acceptors (Lipinski definition) is 6. The number of esters is 1. The average molecular weight is 302 g/mol. The molecule has 0 radical (unpaired) electrons. The van der Waals surface area contributed by atoms with Crippen LogP contribution in [0, 0.1) is 6.92 Å². The van der Waals surface area contributed by atoms with Crippen LogP contribution < -0.4 is 4.74 Å². The summed E-state index contributed by atoms with van der Waals surface area (Å²) < 4.78 is 15.6. The van der Waals surface area contributed by atoms with Crippen LogP contribution in [-0.4, -0.2) is 28.8 Å². The Kier molecular flexibility index (Phi) is 5.43. The molecule has 0 amide bonds. The van der Waals surface area contributed by atoms with E-state index in [0.29, 0.717) is 36.1 Å². The Morgan fingerprint density at radius 2 is 2.32 bits per heavy atom. The lowest BCUT2D eigenvalue weighted by Gasteiger charge is -2.12. The number of hydrogen-bond donors (Lipinski definition) is 0. The topological polar surface area (TPSA) is 74.5 Å². The average Bonchev–Trinajstić information content (AvgIpc) is 2.94. The molecule has 116 valence electrons. The molecule has 6 nitrogen and oxygen atoms in total. The summed E-state index contributed by atoms with van der Waals surface area (Å²) in [6.07, 6.45) is 1.77. The van der Waals surface area contributed by atoms with E-state index in [1.807, 2.05) is 6.07 Å². The van der Waals surface area contributed by atoms with Crippen LogP contribution in [0.3, 0.4) is 0 Å². The first kappa shape index (κ1) is 15.9. The number of carbonyl (C=O) groups excluding carboxylic acids is 1. The van der Waals surface area contributed by atoms with E-state index in [-0.39, 0.29) is 0 Å². The largest absolute Gasteiger partial charge is 0.425 e. The maximum atomic E-state index is 11.9. The number of benzene rings is 1. The van der Waals surface area contributed by atoms with Crippen molar-refractivity contribution in [2.75, 3.05) is 6.61 Å². The maximum Gasteiger partial charge on any atom is 0.340 e. The third-order valence-corrected chi connectivity index (χ3v) is 2.86. The van der Waals surface area contributed by atoms with Crippen molar-refractivity contribution in [2.24, 2.45) is 0 Å². The Bertz CT molecular complexity index is 651. The highest BCUT2D eigenvalue weighted by atomic mass is 16.6. The van der Waals surface area contributed by atoms with E-state index in [1.165, 1.54) is 0 Å². The van der Waals surface area contributed by atoms with Gasteiger partial charge in [0.05, 0.1) is 6.61 Å². The molecule has 0 saturated heterocycles. The monoisotopic (exact) mass is 302 g/mol. The van der Waals surface area contributed by atoms with Crippen molar-refractivity contribution in [1.82, 2.24) is 10.1 Å². The van der Waals surface area contributed by atoms with Crippen LogP contribution in [0.15, 0.2) is 41.4 Å². The van der Waals surface area contributed by atoms with Crippen molar-refractivity contribution in [3.63, 3.8) is 0 Å². The lowest BCUT2D eigenvalue weighted by molar-refractivity contribution is -0.146. The van der Waals surface area contributed by atoms with Gasteiger partial charge in [0.2, 0.25) is 11.7 Å². The number of nitrogens with zero attached hydrogens (tertiary/aromatic N) is 2. The van der Waals surface area contributed by atoms with Crippen LogP contribution in [0.5, 0.6) is 5.75 Å². The third-order valence-electron chi connectivity index (χ3n) is 2.86. The molecule has 1 aromatic heterocycles. The molecule has 6 heteroatoms. The highest BCUT2D eigenvalue weighted by Gasteiger charge is 2.16. The normalized spacial score (nSPS) is 11.9. The second-order valence-corrected chi connectivity index (χ2v) is 4.68. The molecule has 0 aliphatic heterocycles. The Morgan fingerprint density at radius 3 is 3.00 bits per heavy atom. The summed E-state index contributed by atoms with van der Waals surface area (Å²) in [7, 11) is 0. The van der Waals surface area contributed by atoms with Gasteiger partial charge in [0.15, 0.2) is 6.10 Å². The summed E-state index contributed by atoms with van der Waals surface area (Å²) in [5.74, 6) is 0.877. The quantitative estimate of drug-likeness (QED) is 0.339. The smallest absolute Gasteiger partial charge is 0.340 e. The van der Waals surface area contributed by atoms with E-state index < -0.39 is 12.1 Å². The van der Waals surface area contributed by atoms with E-state index >= 15 is 0 Å². The molecular formula is C16H18N2O4. The standard InChI is InChI=1S/C16H18N2O4/c1-4-5-9-20-11(2)16(19)21-14-8-6-7-13(10-14)15-17-12(3)22-18-15/h4,6-8,10-11H,1,5,9H2,2-3H3. The van der Waals surface area contributed by atoms with Crippen molar-refractivity contribution in [3.05, 3.63) is 42.8 Å². The molecule has 1 unspecified atom stereocenters. The zero-order chi connectivity index (χ0) is 15.9. The molecule has 0 N–H and O–H groups in total. The number of ether oxygens (including phenoxy) is 2. The van der Waals surface area contributed by atoms with Crippen molar-refractivity contribution in [1.29, 1.82) is 0 Å². The van der Waals surface area contributed by atoms with Crippen molar-refractivity contribution >= 4 is 5.97 Å². The van der Waals surface area contributed by atoms with Gasteiger partial charge in [0.1, 0.15) is 5.75 Å². The van der Waals surface area contributed by atoms with Crippen molar-refractivity contribution in [2.45, 2.75) is 26.4 Å². The molecule has 0 aliphatic rings. The van der Waals surface area contributed by atoms with E-state index in [4.69, 9.17) is 14.0 Å². The molecule has 0 saturated carbocycles. The fraction of sp³-hybridized carbons (Fsp3) is 0.312. The molecular weight excluding hydrogens is 284 g/mol. The molecule has 1 aromatic carbocycles. The van der Waals surface area contributed by atoms with Gasteiger partial charge in [-0.1, -0.05) is 23.4 Å². The van der Waals surface area contributed by atoms with Crippen molar-refractivity contribution < 1.29 is 18.8 Å². The summed E-state index contributed by atoms with van der Waals surface area (Å²) in [4.78, 5) is 16.1. The Hall–Kier alpha value is -2.47. The lowest BCUT2D eigenvalue weighted by Crippen LogP contribution is -2.26. The molecule has 0 bridgehead atoms. The Balaban J connectivity index is 2.01. The van der Waals surface area contributed by atoms with Gasteiger partial charge in [-0.25, -0.2) is 4.79 Å². The van der Waals surface area contributed by atoms with Crippen LogP contribution in [0.2, 0.25) is 0 Å². The van der Waals surface area contributed by atoms with Gasteiger partial charge in [0.25, 0.3) is 0 Å². The zero-order valence-corrected chi connectivity index (χ0v) is 12.6. The van der Waals surface area contributed by atoms with Crippen LogP contribution in [0.1, 0.15) is 19.2 Å². The van der Waals surface area contributed by atoms with E-state index in [9.17, 15) is 4.79 Å². The van der Waals surface area contributed by atoms with Crippen molar-refractivity contribution in [3.8, 4) is 17.1 Å². The van der Waals surface area contributed by atoms with Crippen LogP contribution >= 0.6 is 0 Å². The minimum Gasteiger partial charge on any atom is -0.425 e.